The Hall–Kier alpha value is -5.41. The van der Waals surface area contributed by atoms with Crippen LogP contribution in [-0.2, 0) is 4.79 Å². The summed E-state index contributed by atoms with van der Waals surface area (Å²) in [4.78, 5) is 32.9. The van der Waals surface area contributed by atoms with Gasteiger partial charge in [0.2, 0.25) is 0 Å². The number of esters is 1. The number of para-hydroxylation sites is 1. The first-order valence-electron chi connectivity index (χ1n) is 16.2. The van der Waals surface area contributed by atoms with Crippen molar-refractivity contribution in [3.05, 3.63) is 151 Å². The molecule has 1 aliphatic heterocycles. The summed E-state index contributed by atoms with van der Waals surface area (Å²) < 4.78 is 25.3. The zero-order chi connectivity index (χ0) is 34.3. The Balaban J connectivity index is 1.23. The predicted octanol–water partition coefficient (Wildman–Crippen LogP) is 6.82. The molecule has 0 aliphatic carbocycles. The topological polar surface area (TPSA) is 88.4 Å². The van der Waals surface area contributed by atoms with Crippen molar-refractivity contribution in [2.24, 2.45) is 4.99 Å². The van der Waals surface area contributed by atoms with Crippen LogP contribution in [0.3, 0.4) is 0 Å². The molecule has 1 aromatic heterocycles. The highest BCUT2D eigenvalue weighted by molar-refractivity contribution is 7.07. The fraction of sp³-hybridized carbons (Fsp3) is 0.225. The highest BCUT2D eigenvalue weighted by Crippen LogP contribution is 2.32. The first-order valence-corrected chi connectivity index (χ1v) is 17.1. The average molecular weight is 675 g/mol. The second-order valence-corrected chi connectivity index (χ2v) is 12.7. The third kappa shape index (κ3) is 7.52. The van der Waals surface area contributed by atoms with Crippen LogP contribution in [0.1, 0.15) is 55.8 Å². The van der Waals surface area contributed by atoms with Gasteiger partial charge in [-0.05, 0) is 78.4 Å². The normalized spacial score (nSPS) is 14.9. The smallest absolute Gasteiger partial charge is 0.343 e. The molecular formula is C40H38N2O6S. The maximum Gasteiger partial charge on any atom is 0.343 e. The van der Waals surface area contributed by atoms with Crippen LogP contribution in [0.15, 0.2) is 124 Å². The summed E-state index contributed by atoms with van der Waals surface area (Å²) in [6.07, 6.45) is 2.89. The molecule has 5 aromatic rings. The summed E-state index contributed by atoms with van der Waals surface area (Å²) in [6, 6.07) is 31.3. The van der Waals surface area contributed by atoms with Gasteiger partial charge in [0.1, 0.15) is 24.7 Å². The van der Waals surface area contributed by atoms with Crippen LogP contribution in [0.25, 0.3) is 6.08 Å². The van der Waals surface area contributed by atoms with E-state index < -0.39 is 12.0 Å². The Kier molecular flexibility index (Phi) is 10.4. The molecule has 49 heavy (non-hydrogen) atoms. The molecule has 0 saturated heterocycles. The van der Waals surface area contributed by atoms with Gasteiger partial charge < -0.3 is 18.9 Å². The number of hydrogen-bond donors (Lipinski definition) is 0. The van der Waals surface area contributed by atoms with Gasteiger partial charge in [-0.2, -0.15) is 0 Å². The number of rotatable bonds is 12. The lowest BCUT2D eigenvalue weighted by Gasteiger charge is -2.24. The van der Waals surface area contributed by atoms with Crippen LogP contribution < -0.4 is 33.8 Å². The number of fused-ring (bicyclic) bond motifs is 1. The average Bonchev–Trinajstić information content (AvgIpc) is 3.43. The zero-order valence-corrected chi connectivity index (χ0v) is 28.7. The molecule has 2 atom stereocenters. The molecule has 250 valence electrons. The Labute approximate surface area is 289 Å². The molecule has 0 fully saturated rings. The van der Waals surface area contributed by atoms with E-state index >= 15 is 0 Å². The second kappa shape index (κ2) is 15.2. The van der Waals surface area contributed by atoms with Crippen LogP contribution in [0.4, 0.5) is 0 Å². The number of ether oxygens (including phenoxy) is 4. The Morgan fingerprint density at radius 3 is 2.29 bits per heavy atom. The highest BCUT2D eigenvalue weighted by Gasteiger charge is 2.33. The van der Waals surface area contributed by atoms with Crippen molar-refractivity contribution >= 4 is 23.4 Å². The molecule has 0 spiro atoms. The number of methoxy groups -OCH3 is 1. The van der Waals surface area contributed by atoms with Crippen molar-refractivity contribution in [1.29, 1.82) is 0 Å². The summed E-state index contributed by atoms with van der Waals surface area (Å²) >= 11 is 1.27. The minimum absolute atomic E-state index is 0.260. The molecule has 0 unspecified atom stereocenters. The summed E-state index contributed by atoms with van der Waals surface area (Å²) in [6.45, 7) is 6.87. The van der Waals surface area contributed by atoms with E-state index in [2.05, 4.69) is 26.0 Å². The van der Waals surface area contributed by atoms with E-state index in [0.29, 0.717) is 57.0 Å². The Morgan fingerprint density at radius 1 is 0.898 bits per heavy atom. The molecule has 0 bridgehead atoms. The van der Waals surface area contributed by atoms with Gasteiger partial charge in [0.25, 0.3) is 5.56 Å². The van der Waals surface area contributed by atoms with Crippen LogP contribution >= 0.6 is 11.3 Å². The van der Waals surface area contributed by atoms with E-state index in [0.717, 1.165) is 23.3 Å². The molecule has 2 heterocycles. The van der Waals surface area contributed by atoms with Crippen molar-refractivity contribution in [1.82, 2.24) is 4.57 Å². The van der Waals surface area contributed by atoms with Crippen molar-refractivity contribution in [3.63, 3.8) is 0 Å². The van der Waals surface area contributed by atoms with E-state index in [9.17, 15) is 9.59 Å². The number of nitrogens with zero attached hydrogens (tertiary/aromatic N) is 2. The number of carbonyl (C=O) groups excluding carboxylic acids is 1. The Morgan fingerprint density at radius 2 is 1.59 bits per heavy atom. The van der Waals surface area contributed by atoms with Crippen LogP contribution in [0, 0.1) is 0 Å². The maximum absolute atomic E-state index is 14.1. The van der Waals surface area contributed by atoms with Gasteiger partial charge in [-0.25, -0.2) is 9.79 Å². The first kappa shape index (κ1) is 33.5. The molecular weight excluding hydrogens is 637 g/mol. The zero-order valence-electron chi connectivity index (χ0n) is 27.9. The lowest BCUT2D eigenvalue weighted by atomic mass is 9.96. The number of aromatic nitrogens is 1. The predicted molar refractivity (Wildman–Crippen MR) is 191 cm³/mol. The Bertz CT molecular complexity index is 2140. The first-order chi connectivity index (χ1) is 23.9. The minimum Gasteiger partial charge on any atom is -0.493 e. The maximum atomic E-state index is 14.1. The molecule has 6 rings (SSSR count). The summed E-state index contributed by atoms with van der Waals surface area (Å²) in [5.74, 6) is 2.27. The van der Waals surface area contributed by atoms with E-state index in [1.807, 2.05) is 66.7 Å². The molecule has 0 saturated carbocycles. The fourth-order valence-electron chi connectivity index (χ4n) is 5.67. The van der Waals surface area contributed by atoms with E-state index in [-0.39, 0.29) is 5.56 Å². The van der Waals surface area contributed by atoms with Crippen LogP contribution in [0.5, 0.6) is 23.0 Å². The number of hydrogen-bond acceptors (Lipinski definition) is 8. The van der Waals surface area contributed by atoms with Crippen LogP contribution in [-0.4, -0.2) is 30.9 Å². The minimum atomic E-state index is -0.707. The third-order valence-electron chi connectivity index (χ3n) is 8.47. The molecule has 8 nitrogen and oxygen atoms in total. The standard InChI is InChI=1S/C40H38N2O6S/c1-5-26(2)29-17-19-31(20-18-29)46-22-23-47-33-21-16-28(24-34(33)45-4)25-35-38(43)42-37(30-12-8-6-9-13-30)36(27(3)41-40(42)49-35)39(44)48-32-14-10-7-11-15-32/h6-21,24-26,37H,5,22-23H2,1-4H3/b35-25+/t26-,37-/m0/s1. The number of benzene rings is 4. The highest BCUT2D eigenvalue weighted by atomic mass is 32.1. The largest absolute Gasteiger partial charge is 0.493 e. The lowest BCUT2D eigenvalue weighted by Crippen LogP contribution is -2.40. The molecule has 0 radical (unpaired) electrons. The lowest BCUT2D eigenvalue weighted by molar-refractivity contribution is -0.130. The summed E-state index contributed by atoms with van der Waals surface area (Å²) in [7, 11) is 1.58. The molecule has 9 heteroatoms. The van der Waals surface area contributed by atoms with E-state index in [4.69, 9.17) is 23.9 Å². The number of allylic oxidation sites excluding steroid dienone is 1. The quantitative estimate of drug-likeness (QED) is 0.0820. The van der Waals surface area contributed by atoms with Crippen molar-refractivity contribution in [3.8, 4) is 23.0 Å². The van der Waals surface area contributed by atoms with Gasteiger partial charge in [0, 0.05) is 0 Å². The van der Waals surface area contributed by atoms with Gasteiger partial charge in [0.15, 0.2) is 16.3 Å². The summed E-state index contributed by atoms with van der Waals surface area (Å²) in [5.41, 5.74) is 3.37. The number of carbonyl (C=O) groups is 1. The fourth-order valence-corrected chi connectivity index (χ4v) is 6.71. The van der Waals surface area contributed by atoms with E-state index in [1.165, 1.54) is 16.9 Å². The molecule has 1 aliphatic rings. The van der Waals surface area contributed by atoms with Crippen molar-refractivity contribution in [2.75, 3.05) is 20.3 Å². The number of thiazole rings is 1. The second-order valence-electron chi connectivity index (χ2n) is 11.7. The third-order valence-corrected chi connectivity index (χ3v) is 9.45. The van der Waals surface area contributed by atoms with E-state index in [1.54, 1.807) is 48.9 Å². The molecule has 0 N–H and O–H groups in total. The van der Waals surface area contributed by atoms with Gasteiger partial charge in [-0.3, -0.25) is 9.36 Å². The van der Waals surface area contributed by atoms with Gasteiger partial charge in [-0.15, -0.1) is 0 Å². The van der Waals surface area contributed by atoms with Gasteiger partial charge in [-0.1, -0.05) is 91.9 Å². The van der Waals surface area contributed by atoms with Crippen molar-refractivity contribution < 1.29 is 23.7 Å². The summed E-state index contributed by atoms with van der Waals surface area (Å²) in [5, 5.41) is 0. The molecule has 4 aromatic carbocycles. The monoisotopic (exact) mass is 674 g/mol. The van der Waals surface area contributed by atoms with Crippen molar-refractivity contribution in [2.45, 2.75) is 39.2 Å². The molecule has 0 amide bonds. The van der Waals surface area contributed by atoms with Gasteiger partial charge in [0.05, 0.1) is 29.0 Å². The van der Waals surface area contributed by atoms with Crippen LogP contribution in [0.2, 0.25) is 0 Å². The SMILES string of the molecule is CC[C@H](C)c1ccc(OCCOc2ccc(/C=c3/sc4n(c3=O)[C@@H](c3ccccc3)C(C(=O)Oc3ccccc3)=C(C)N=4)cc2OC)cc1. The van der Waals surface area contributed by atoms with Gasteiger partial charge >= 0.3 is 5.97 Å².